The lowest BCUT2D eigenvalue weighted by Crippen LogP contribution is -2.15. The van der Waals surface area contributed by atoms with Crippen LogP contribution in [0.1, 0.15) is 24.3 Å². The summed E-state index contributed by atoms with van der Waals surface area (Å²) >= 11 is 0. The van der Waals surface area contributed by atoms with Crippen LogP contribution in [0.25, 0.3) is 0 Å². The average molecular weight is 374 g/mol. The van der Waals surface area contributed by atoms with Gasteiger partial charge >= 0.3 is 0 Å². The first-order valence-electron chi connectivity index (χ1n) is 8.54. The Bertz CT molecular complexity index is 851. The smallest absolute Gasteiger partial charge is 0.228 e. The van der Waals surface area contributed by atoms with Gasteiger partial charge in [0.15, 0.2) is 9.84 Å². The van der Waals surface area contributed by atoms with Crippen LogP contribution in [-0.4, -0.2) is 38.8 Å². The Hall–Kier alpha value is -2.25. The van der Waals surface area contributed by atoms with Crippen molar-refractivity contribution in [2.75, 3.05) is 24.8 Å². The zero-order valence-corrected chi connectivity index (χ0v) is 15.4. The molecule has 2 aromatic rings. The number of carbonyl (C=O) groups excluding carboxylic acids is 1. The molecule has 1 heterocycles. The first-order chi connectivity index (χ1) is 12.5. The molecule has 6 nitrogen and oxygen atoms in total. The quantitative estimate of drug-likeness (QED) is 0.718. The fourth-order valence-electron chi connectivity index (χ4n) is 2.94. The Labute approximate surface area is 153 Å². The third kappa shape index (κ3) is 4.47. The summed E-state index contributed by atoms with van der Waals surface area (Å²) < 4.78 is 29.3. The summed E-state index contributed by atoms with van der Waals surface area (Å²) in [6.45, 7) is 0.410. The zero-order valence-electron chi connectivity index (χ0n) is 14.6. The number of ether oxygens (including phenoxy) is 1. The van der Waals surface area contributed by atoms with Gasteiger partial charge in [0.25, 0.3) is 0 Å². The lowest BCUT2D eigenvalue weighted by atomic mass is 10.1. The fourth-order valence-corrected chi connectivity index (χ4v) is 4.22. The number of hydrogen-bond acceptors (Lipinski definition) is 5. The van der Waals surface area contributed by atoms with Crippen LogP contribution >= 0.6 is 0 Å². The number of sulfone groups is 1. The molecule has 1 aliphatic carbocycles. The number of rotatable bonds is 8. The molecule has 0 unspecified atom stereocenters. The van der Waals surface area contributed by atoms with E-state index in [-0.39, 0.29) is 28.4 Å². The van der Waals surface area contributed by atoms with Crippen molar-refractivity contribution in [3.63, 3.8) is 0 Å². The summed E-state index contributed by atoms with van der Waals surface area (Å²) in [5.41, 5.74) is 1.67. The first-order valence-corrected chi connectivity index (χ1v) is 10.2. The topological polar surface area (TPSA) is 85.4 Å². The summed E-state index contributed by atoms with van der Waals surface area (Å²) in [6, 6.07) is 10.2. The average Bonchev–Trinajstić information content (AvgIpc) is 3.44. The van der Waals surface area contributed by atoms with Crippen molar-refractivity contribution in [1.82, 2.24) is 4.98 Å². The van der Waals surface area contributed by atoms with Crippen molar-refractivity contribution >= 4 is 21.4 Å². The Kier molecular flexibility index (Phi) is 5.68. The van der Waals surface area contributed by atoms with Gasteiger partial charge in [0.2, 0.25) is 5.91 Å². The Morgan fingerprint density at radius 2 is 2.04 bits per heavy atom. The number of benzene rings is 1. The Morgan fingerprint density at radius 3 is 2.69 bits per heavy atom. The van der Waals surface area contributed by atoms with Gasteiger partial charge in [-0.05, 0) is 54.7 Å². The summed E-state index contributed by atoms with van der Waals surface area (Å²) in [6.07, 6.45) is 4.77. The highest BCUT2D eigenvalue weighted by Gasteiger charge is 2.44. The fraction of sp³-hybridized carbons (Fsp3) is 0.368. The number of nitrogens with one attached hydrogen (secondary N) is 1. The minimum atomic E-state index is -3.33. The lowest BCUT2D eigenvalue weighted by Gasteiger charge is -2.08. The molecule has 1 N–H and O–H groups in total. The third-order valence-electron chi connectivity index (χ3n) is 4.48. The van der Waals surface area contributed by atoms with Crippen LogP contribution < -0.4 is 5.32 Å². The van der Waals surface area contributed by atoms with Crippen LogP contribution in [0.3, 0.4) is 0 Å². The molecular weight excluding hydrogens is 352 g/mol. The second-order valence-corrected chi connectivity index (χ2v) is 8.52. The van der Waals surface area contributed by atoms with Gasteiger partial charge < -0.3 is 10.1 Å². The molecule has 138 valence electrons. The van der Waals surface area contributed by atoms with Crippen molar-refractivity contribution < 1.29 is 17.9 Å². The number of hydrogen-bond donors (Lipinski definition) is 1. The molecule has 26 heavy (non-hydrogen) atoms. The van der Waals surface area contributed by atoms with E-state index in [2.05, 4.69) is 10.3 Å². The highest BCUT2D eigenvalue weighted by Crippen LogP contribution is 2.47. The number of carbonyl (C=O) groups is 1. The van der Waals surface area contributed by atoms with Crippen molar-refractivity contribution in [1.29, 1.82) is 0 Å². The van der Waals surface area contributed by atoms with Gasteiger partial charge in [-0.15, -0.1) is 0 Å². The number of anilines is 1. The molecule has 1 amide bonds. The van der Waals surface area contributed by atoms with Crippen LogP contribution in [0.2, 0.25) is 0 Å². The molecule has 1 saturated carbocycles. The minimum absolute atomic E-state index is 0.0431. The van der Waals surface area contributed by atoms with Crippen LogP contribution in [0.4, 0.5) is 5.69 Å². The van der Waals surface area contributed by atoms with Gasteiger partial charge in [0.05, 0.1) is 10.6 Å². The normalized spacial score (nSPS) is 19.1. The second kappa shape index (κ2) is 7.97. The van der Waals surface area contributed by atoms with Gasteiger partial charge in [-0.2, -0.15) is 0 Å². The van der Waals surface area contributed by atoms with Gasteiger partial charge in [-0.3, -0.25) is 9.78 Å². The molecule has 1 aliphatic rings. The number of methoxy groups -OCH3 is 1. The van der Waals surface area contributed by atoms with E-state index in [9.17, 15) is 13.2 Å². The van der Waals surface area contributed by atoms with Gasteiger partial charge in [-0.25, -0.2) is 8.42 Å². The highest BCUT2D eigenvalue weighted by atomic mass is 32.2. The lowest BCUT2D eigenvalue weighted by molar-refractivity contribution is -0.117. The molecule has 0 radical (unpaired) electrons. The maximum Gasteiger partial charge on any atom is 0.228 e. The molecule has 2 atom stereocenters. The van der Waals surface area contributed by atoms with Crippen LogP contribution in [0.5, 0.6) is 0 Å². The van der Waals surface area contributed by atoms with E-state index in [1.54, 1.807) is 31.6 Å². The second-order valence-electron chi connectivity index (χ2n) is 6.41. The number of amides is 1. The van der Waals surface area contributed by atoms with Crippen molar-refractivity contribution in [3.05, 3.63) is 54.4 Å². The van der Waals surface area contributed by atoms with Crippen molar-refractivity contribution in [2.24, 2.45) is 5.92 Å². The van der Waals surface area contributed by atoms with Crippen molar-refractivity contribution in [2.45, 2.75) is 23.7 Å². The third-order valence-corrected chi connectivity index (χ3v) is 6.30. The van der Waals surface area contributed by atoms with Crippen molar-refractivity contribution in [3.8, 4) is 0 Å². The number of nitrogens with zero attached hydrogens (tertiary/aromatic N) is 1. The largest absolute Gasteiger partial charge is 0.385 e. The van der Waals surface area contributed by atoms with Gasteiger partial charge in [-0.1, -0.05) is 6.07 Å². The predicted octanol–water partition coefficient (Wildman–Crippen LogP) is 2.63. The van der Waals surface area contributed by atoms with E-state index < -0.39 is 9.84 Å². The minimum Gasteiger partial charge on any atom is -0.385 e. The molecule has 7 heteroatoms. The van der Waals surface area contributed by atoms with E-state index in [0.717, 1.165) is 12.0 Å². The Balaban J connectivity index is 1.57. The van der Waals surface area contributed by atoms with E-state index >= 15 is 0 Å². The number of pyridine rings is 1. The van der Waals surface area contributed by atoms with E-state index in [1.807, 2.05) is 12.1 Å². The number of aromatic nitrogens is 1. The van der Waals surface area contributed by atoms with E-state index in [4.69, 9.17) is 4.74 Å². The molecule has 0 saturated heterocycles. The van der Waals surface area contributed by atoms with Gasteiger partial charge in [0.1, 0.15) is 0 Å². The first kappa shape index (κ1) is 18.5. The van der Waals surface area contributed by atoms with E-state index in [1.165, 1.54) is 12.1 Å². The van der Waals surface area contributed by atoms with Crippen LogP contribution in [0, 0.1) is 5.92 Å². The molecule has 0 bridgehead atoms. The molecule has 1 fully saturated rings. The highest BCUT2D eigenvalue weighted by molar-refractivity contribution is 7.91. The Morgan fingerprint density at radius 1 is 1.27 bits per heavy atom. The summed E-state index contributed by atoms with van der Waals surface area (Å²) in [7, 11) is -1.78. The molecule has 3 rings (SSSR count). The summed E-state index contributed by atoms with van der Waals surface area (Å²) in [5, 5.41) is 2.86. The van der Waals surface area contributed by atoms with Gasteiger partial charge in [0, 0.05) is 37.7 Å². The maximum absolute atomic E-state index is 12.4. The standard InChI is InChI=1S/C19H22N2O4S/c1-25-10-3-11-26(23,24)16-7-5-15(6-8-16)21-19(22)18-12-17(18)14-4-2-9-20-13-14/h2,4-9,13,17-18H,3,10-12H2,1H3,(H,21,22)/t17-,18-/m1/s1. The zero-order chi connectivity index (χ0) is 18.6. The SMILES string of the molecule is COCCCS(=O)(=O)c1ccc(NC(=O)[C@@H]2C[C@@H]2c2cccnc2)cc1. The molecule has 1 aromatic carbocycles. The molecule has 0 aliphatic heterocycles. The van der Waals surface area contributed by atoms with E-state index in [0.29, 0.717) is 18.7 Å². The predicted molar refractivity (Wildman–Crippen MR) is 98.7 cm³/mol. The molecule has 1 aromatic heterocycles. The van der Waals surface area contributed by atoms with Crippen LogP contribution in [-0.2, 0) is 19.4 Å². The molecule has 0 spiro atoms. The summed E-state index contributed by atoms with van der Waals surface area (Å²) in [5.74, 6) is 0.150. The van der Waals surface area contributed by atoms with Crippen LogP contribution in [0.15, 0.2) is 53.7 Å². The molecular formula is C19H22N2O4S. The monoisotopic (exact) mass is 374 g/mol. The summed E-state index contributed by atoms with van der Waals surface area (Å²) in [4.78, 5) is 16.7. The maximum atomic E-state index is 12.4.